The second-order valence-electron chi connectivity index (χ2n) is 4.69. The van der Waals surface area contributed by atoms with Gasteiger partial charge in [-0.15, -0.1) is 0 Å². The second-order valence-corrected chi connectivity index (χ2v) is 4.69. The molecule has 1 fully saturated rings. The minimum Gasteiger partial charge on any atom is -0.379 e. The summed E-state index contributed by atoms with van der Waals surface area (Å²) in [4.78, 5) is 11.2. The lowest BCUT2D eigenvalue weighted by molar-refractivity contribution is 0.193. The molecule has 0 bridgehead atoms. The van der Waals surface area contributed by atoms with E-state index in [4.69, 9.17) is 4.74 Å². The Morgan fingerprint density at radius 3 is 3.00 bits per heavy atom. The normalized spacial score (nSPS) is 19.2. The zero-order valence-corrected chi connectivity index (χ0v) is 11.4. The van der Waals surface area contributed by atoms with Crippen LogP contribution in [0.15, 0.2) is 6.20 Å². The summed E-state index contributed by atoms with van der Waals surface area (Å²) in [5.41, 5.74) is 2.21. The Hall–Kier alpha value is -1.20. The Bertz CT molecular complexity index is 391. The van der Waals surface area contributed by atoms with Gasteiger partial charge in [0.1, 0.15) is 0 Å². The highest BCUT2D eigenvalue weighted by Gasteiger charge is 2.22. The first-order chi connectivity index (χ1) is 8.72. The Balaban J connectivity index is 2.07. The Labute approximate surface area is 109 Å². The summed E-state index contributed by atoms with van der Waals surface area (Å²) < 4.78 is 5.40. The number of hydrogen-bond acceptors (Lipinski definition) is 5. The van der Waals surface area contributed by atoms with Crippen molar-refractivity contribution in [2.45, 2.75) is 32.9 Å². The van der Waals surface area contributed by atoms with Crippen LogP contribution in [0, 0.1) is 6.92 Å². The van der Waals surface area contributed by atoms with Gasteiger partial charge in [-0.05, 0) is 19.9 Å². The fourth-order valence-corrected chi connectivity index (χ4v) is 2.07. The molecule has 2 rings (SSSR count). The lowest BCUT2D eigenvalue weighted by Gasteiger charge is -2.23. The third-order valence-electron chi connectivity index (χ3n) is 3.40. The molecule has 1 aliphatic heterocycles. The van der Waals surface area contributed by atoms with E-state index in [0.29, 0.717) is 6.04 Å². The van der Waals surface area contributed by atoms with Gasteiger partial charge >= 0.3 is 0 Å². The lowest BCUT2D eigenvalue weighted by Crippen LogP contribution is -2.33. The number of rotatable bonds is 5. The minimum atomic E-state index is 0.406. The van der Waals surface area contributed by atoms with Gasteiger partial charge in [0.2, 0.25) is 5.95 Å². The summed E-state index contributed by atoms with van der Waals surface area (Å²) in [5.74, 6) is 0.795. The van der Waals surface area contributed by atoms with E-state index >= 15 is 0 Å². The maximum Gasteiger partial charge on any atom is 0.225 e. The number of nitrogens with one attached hydrogen (secondary N) is 1. The largest absolute Gasteiger partial charge is 0.379 e. The standard InChI is InChI=1S/C13H22N4O/c1-4-14-7-11-8-15-13(16-10(11)2)17(3)12-5-6-18-9-12/h8,12,14H,4-7,9H2,1-3H3. The van der Waals surface area contributed by atoms with Crippen molar-refractivity contribution in [3.05, 3.63) is 17.5 Å². The number of anilines is 1. The molecule has 1 unspecified atom stereocenters. The van der Waals surface area contributed by atoms with Crippen LogP contribution in [0.3, 0.4) is 0 Å². The highest BCUT2D eigenvalue weighted by molar-refractivity contribution is 5.33. The van der Waals surface area contributed by atoms with Crippen molar-refractivity contribution in [2.24, 2.45) is 0 Å². The molecule has 5 heteroatoms. The molecule has 1 saturated heterocycles. The van der Waals surface area contributed by atoms with Crippen LogP contribution in [0.4, 0.5) is 5.95 Å². The smallest absolute Gasteiger partial charge is 0.225 e. The molecule has 5 nitrogen and oxygen atoms in total. The van der Waals surface area contributed by atoms with Gasteiger partial charge < -0.3 is 15.0 Å². The first-order valence-electron chi connectivity index (χ1n) is 6.56. The van der Waals surface area contributed by atoms with Crippen LogP contribution in [-0.2, 0) is 11.3 Å². The van der Waals surface area contributed by atoms with Crippen LogP contribution in [0.5, 0.6) is 0 Å². The molecule has 100 valence electrons. The van der Waals surface area contributed by atoms with Crippen molar-refractivity contribution < 1.29 is 4.74 Å². The lowest BCUT2D eigenvalue weighted by atomic mass is 10.2. The van der Waals surface area contributed by atoms with Crippen molar-refractivity contribution in [3.63, 3.8) is 0 Å². The molecule has 0 aliphatic carbocycles. The summed E-state index contributed by atoms with van der Waals surface area (Å²) in [7, 11) is 2.04. The zero-order valence-electron chi connectivity index (χ0n) is 11.4. The number of likely N-dealkylation sites (N-methyl/N-ethyl adjacent to an activating group) is 1. The molecule has 0 aromatic carbocycles. The maximum absolute atomic E-state index is 5.40. The quantitative estimate of drug-likeness (QED) is 0.848. The molecule has 1 atom stereocenters. The molecule has 0 spiro atoms. The highest BCUT2D eigenvalue weighted by atomic mass is 16.5. The topological polar surface area (TPSA) is 50.3 Å². The van der Waals surface area contributed by atoms with Crippen molar-refractivity contribution in [1.82, 2.24) is 15.3 Å². The second kappa shape index (κ2) is 6.11. The third kappa shape index (κ3) is 2.97. The van der Waals surface area contributed by atoms with E-state index in [1.165, 1.54) is 0 Å². The Kier molecular flexibility index (Phi) is 4.49. The van der Waals surface area contributed by atoms with Crippen molar-refractivity contribution in [3.8, 4) is 0 Å². The summed E-state index contributed by atoms with van der Waals surface area (Å²) in [5, 5.41) is 3.30. The number of hydrogen-bond donors (Lipinski definition) is 1. The molecule has 1 aliphatic rings. The predicted molar refractivity (Wildman–Crippen MR) is 71.8 cm³/mol. The van der Waals surface area contributed by atoms with Gasteiger partial charge in [-0.3, -0.25) is 0 Å². The number of aromatic nitrogens is 2. The van der Waals surface area contributed by atoms with Gasteiger partial charge in [0, 0.05) is 37.7 Å². The average Bonchev–Trinajstić information content (AvgIpc) is 2.90. The van der Waals surface area contributed by atoms with Crippen LogP contribution in [0.2, 0.25) is 0 Å². The summed E-state index contributed by atoms with van der Waals surface area (Å²) >= 11 is 0. The van der Waals surface area contributed by atoms with E-state index in [1.807, 2.05) is 20.2 Å². The molecular formula is C13H22N4O. The van der Waals surface area contributed by atoms with Gasteiger partial charge in [0.25, 0.3) is 0 Å². The SMILES string of the molecule is CCNCc1cnc(N(C)C2CCOC2)nc1C. The molecule has 2 heterocycles. The van der Waals surface area contributed by atoms with E-state index < -0.39 is 0 Å². The third-order valence-corrected chi connectivity index (χ3v) is 3.40. The average molecular weight is 250 g/mol. The van der Waals surface area contributed by atoms with Crippen LogP contribution in [-0.4, -0.2) is 42.8 Å². The number of aryl methyl sites for hydroxylation is 1. The summed E-state index contributed by atoms with van der Waals surface area (Å²) in [6.07, 6.45) is 2.98. The fourth-order valence-electron chi connectivity index (χ4n) is 2.07. The summed E-state index contributed by atoms with van der Waals surface area (Å²) in [6, 6.07) is 0.406. The minimum absolute atomic E-state index is 0.406. The molecule has 0 amide bonds. The van der Waals surface area contributed by atoms with Gasteiger partial charge in [0.15, 0.2) is 0 Å². The van der Waals surface area contributed by atoms with Crippen molar-refractivity contribution in [1.29, 1.82) is 0 Å². The van der Waals surface area contributed by atoms with E-state index in [1.54, 1.807) is 0 Å². The first kappa shape index (κ1) is 13.2. The van der Waals surface area contributed by atoms with E-state index in [-0.39, 0.29) is 0 Å². The van der Waals surface area contributed by atoms with Crippen LogP contribution in [0.25, 0.3) is 0 Å². The van der Waals surface area contributed by atoms with E-state index in [2.05, 4.69) is 27.1 Å². The van der Waals surface area contributed by atoms with Crippen molar-refractivity contribution >= 4 is 5.95 Å². The van der Waals surface area contributed by atoms with Gasteiger partial charge in [-0.25, -0.2) is 9.97 Å². The monoisotopic (exact) mass is 250 g/mol. The zero-order chi connectivity index (χ0) is 13.0. The Morgan fingerprint density at radius 2 is 2.39 bits per heavy atom. The molecular weight excluding hydrogens is 228 g/mol. The maximum atomic E-state index is 5.40. The number of nitrogens with zero attached hydrogens (tertiary/aromatic N) is 3. The fraction of sp³-hybridized carbons (Fsp3) is 0.692. The molecule has 1 aromatic heterocycles. The van der Waals surface area contributed by atoms with Crippen LogP contribution in [0.1, 0.15) is 24.6 Å². The molecule has 0 radical (unpaired) electrons. The molecule has 18 heavy (non-hydrogen) atoms. The highest BCUT2D eigenvalue weighted by Crippen LogP contribution is 2.17. The van der Waals surface area contributed by atoms with Gasteiger partial charge in [-0.1, -0.05) is 6.92 Å². The van der Waals surface area contributed by atoms with Crippen LogP contribution >= 0.6 is 0 Å². The number of ether oxygens (including phenoxy) is 1. The van der Waals surface area contributed by atoms with Crippen LogP contribution < -0.4 is 10.2 Å². The van der Waals surface area contributed by atoms with E-state index in [9.17, 15) is 0 Å². The molecule has 0 saturated carbocycles. The van der Waals surface area contributed by atoms with Gasteiger partial charge in [0.05, 0.1) is 12.6 Å². The van der Waals surface area contributed by atoms with Crippen molar-refractivity contribution in [2.75, 3.05) is 31.7 Å². The van der Waals surface area contributed by atoms with E-state index in [0.717, 1.165) is 49.9 Å². The van der Waals surface area contributed by atoms with Gasteiger partial charge in [-0.2, -0.15) is 0 Å². The molecule has 1 N–H and O–H groups in total. The predicted octanol–water partition coefficient (Wildman–Crippen LogP) is 1.12. The Morgan fingerprint density at radius 1 is 1.56 bits per heavy atom. The first-order valence-corrected chi connectivity index (χ1v) is 6.56. The molecule has 1 aromatic rings. The summed E-state index contributed by atoms with van der Waals surface area (Å²) in [6.45, 7) is 7.54.